The number of hydrogen-bond donors (Lipinski definition) is 1. The first-order valence-electron chi connectivity index (χ1n) is 6.95. The summed E-state index contributed by atoms with van der Waals surface area (Å²) < 4.78 is 0. The number of aromatic hydroxyl groups is 1. The van der Waals surface area contributed by atoms with Crippen molar-refractivity contribution >= 4 is 24.2 Å². The highest BCUT2D eigenvalue weighted by Crippen LogP contribution is 2.13. The lowest BCUT2D eigenvalue weighted by molar-refractivity contribution is 0.474. The van der Waals surface area contributed by atoms with E-state index in [1.165, 1.54) is 6.21 Å². The van der Waals surface area contributed by atoms with Crippen molar-refractivity contribution in [1.82, 2.24) is 0 Å². The molecule has 0 atom stereocenters. The van der Waals surface area contributed by atoms with Gasteiger partial charge in [-0.25, -0.2) is 0 Å². The lowest BCUT2D eigenvalue weighted by Crippen LogP contribution is -2.07. The Labute approximate surface area is 130 Å². The van der Waals surface area contributed by atoms with Crippen LogP contribution in [0.5, 0.6) is 5.75 Å². The first-order chi connectivity index (χ1) is 10.7. The number of nitrogens with zero attached hydrogens (tertiary/aromatic N) is 3. The number of anilines is 1. The predicted molar refractivity (Wildman–Crippen MR) is 94.0 cm³/mol. The molecule has 0 aliphatic carbocycles. The summed E-state index contributed by atoms with van der Waals surface area (Å²) in [5.41, 5.74) is 2.91. The molecule has 4 heteroatoms. The molecule has 0 unspecified atom stereocenters. The van der Waals surface area contributed by atoms with E-state index in [0.29, 0.717) is 5.56 Å². The normalized spacial score (nSPS) is 11.7. The van der Waals surface area contributed by atoms with E-state index in [-0.39, 0.29) is 5.75 Å². The number of hydrogen-bond acceptors (Lipinski definition) is 4. The van der Waals surface area contributed by atoms with Crippen molar-refractivity contribution in [3.05, 3.63) is 65.7 Å². The van der Waals surface area contributed by atoms with Gasteiger partial charge >= 0.3 is 0 Å². The molecule has 0 saturated heterocycles. The third-order valence-electron chi connectivity index (χ3n) is 3.05. The summed E-state index contributed by atoms with van der Waals surface area (Å²) in [6.07, 6.45) is 6.91. The molecule has 0 amide bonds. The minimum Gasteiger partial charge on any atom is -0.507 e. The first kappa shape index (κ1) is 15.5. The molecule has 1 N–H and O–H groups in total. The molecule has 0 heterocycles. The van der Waals surface area contributed by atoms with E-state index in [9.17, 15) is 5.11 Å². The van der Waals surface area contributed by atoms with Crippen LogP contribution in [0.2, 0.25) is 0 Å². The van der Waals surface area contributed by atoms with Gasteiger partial charge in [-0.15, -0.1) is 0 Å². The van der Waals surface area contributed by atoms with Gasteiger partial charge in [0, 0.05) is 31.6 Å². The maximum atomic E-state index is 9.56. The second-order valence-corrected chi connectivity index (χ2v) is 4.91. The first-order valence-corrected chi connectivity index (χ1v) is 6.95. The van der Waals surface area contributed by atoms with Crippen molar-refractivity contribution in [3.63, 3.8) is 0 Å². The van der Waals surface area contributed by atoms with Crippen molar-refractivity contribution in [3.8, 4) is 5.75 Å². The molecular weight excluding hydrogens is 274 g/mol. The fourth-order valence-corrected chi connectivity index (χ4v) is 1.81. The number of benzene rings is 2. The van der Waals surface area contributed by atoms with Gasteiger partial charge in [0.1, 0.15) is 5.75 Å². The molecule has 0 radical (unpaired) electrons. The van der Waals surface area contributed by atoms with Gasteiger partial charge < -0.3 is 10.0 Å². The molecule has 112 valence electrons. The molecule has 2 aromatic carbocycles. The molecule has 2 aromatic rings. The lowest BCUT2D eigenvalue weighted by atomic mass is 10.2. The molecule has 0 bridgehead atoms. The van der Waals surface area contributed by atoms with Crippen molar-refractivity contribution in [2.45, 2.75) is 0 Å². The number of allylic oxidation sites excluding steroid dienone is 1. The van der Waals surface area contributed by atoms with E-state index in [1.54, 1.807) is 24.4 Å². The molecule has 0 saturated carbocycles. The molecule has 0 fully saturated rings. The quantitative estimate of drug-likeness (QED) is 0.676. The van der Waals surface area contributed by atoms with Crippen molar-refractivity contribution < 1.29 is 5.11 Å². The van der Waals surface area contributed by atoms with Crippen molar-refractivity contribution in [2.24, 2.45) is 10.2 Å². The molecule has 0 aliphatic heterocycles. The zero-order chi connectivity index (χ0) is 15.8. The fraction of sp³-hybridized carbons (Fsp3) is 0.111. The Bertz CT molecular complexity index is 686. The lowest BCUT2D eigenvalue weighted by Gasteiger charge is -2.11. The SMILES string of the molecule is CN(C)c1ccc(\C=C/C=N\N=C\c2ccccc2O)cc1. The van der Waals surface area contributed by atoms with Gasteiger partial charge in [0.2, 0.25) is 0 Å². The van der Waals surface area contributed by atoms with Gasteiger partial charge in [0.15, 0.2) is 0 Å². The average molecular weight is 293 g/mol. The van der Waals surface area contributed by atoms with Crippen LogP contribution in [-0.4, -0.2) is 31.6 Å². The van der Waals surface area contributed by atoms with Crippen LogP contribution in [0.15, 0.2) is 64.8 Å². The van der Waals surface area contributed by atoms with E-state index >= 15 is 0 Å². The number of rotatable bonds is 5. The van der Waals surface area contributed by atoms with Crippen molar-refractivity contribution in [1.29, 1.82) is 0 Å². The largest absolute Gasteiger partial charge is 0.507 e. The highest BCUT2D eigenvalue weighted by atomic mass is 16.3. The fourth-order valence-electron chi connectivity index (χ4n) is 1.81. The Balaban J connectivity index is 1.90. The summed E-state index contributed by atoms with van der Waals surface area (Å²) in [6.45, 7) is 0. The monoisotopic (exact) mass is 293 g/mol. The van der Waals surface area contributed by atoms with E-state index in [1.807, 2.05) is 44.4 Å². The predicted octanol–water partition coefficient (Wildman–Crippen LogP) is 3.58. The Morgan fingerprint density at radius 3 is 2.36 bits per heavy atom. The van der Waals surface area contributed by atoms with Crippen LogP contribution in [0.1, 0.15) is 11.1 Å². The second kappa shape index (κ2) is 7.78. The third-order valence-corrected chi connectivity index (χ3v) is 3.05. The summed E-state index contributed by atoms with van der Waals surface area (Å²) in [5.74, 6) is 0.193. The van der Waals surface area contributed by atoms with Crippen LogP contribution in [0.4, 0.5) is 5.69 Å². The van der Waals surface area contributed by atoms with E-state index in [4.69, 9.17) is 0 Å². The molecule has 22 heavy (non-hydrogen) atoms. The van der Waals surface area contributed by atoms with Crippen LogP contribution >= 0.6 is 0 Å². The smallest absolute Gasteiger partial charge is 0.124 e. The number of phenols is 1. The molecule has 4 nitrogen and oxygen atoms in total. The summed E-state index contributed by atoms with van der Waals surface area (Å²) in [4.78, 5) is 2.06. The van der Waals surface area contributed by atoms with Gasteiger partial charge in [-0.1, -0.05) is 30.3 Å². The minimum absolute atomic E-state index is 0.193. The Morgan fingerprint density at radius 2 is 1.68 bits per heavy atom. The molecule has 0 aromatic heterocycles. The second-order valence-electron chi connectivity index (χ2n) is 4.91. The van der Waals surface area contributed by atoms with Crippen LogP contribution in [-0.2, 0) is 0 Å². The van der Waals surface area contributed by atoms with Gasteiger partial charge in [-0.2, -0.15) is 10.2 Å². The topological polar surface area (TPSA) is 48.2 Å². The zero-order valence-electron chi connectivity index (χ0n) is 12.7. The van der Waals surface area contributed by atoms with Gasteiger partial charge in [0.25, 0.3) is 0 Å². The highest BCUT2D eigenvalue weighted by molar-refractivity contribution is 5.84. The van der Waals surface area contributed by atoms with E-state index in [2.05, 4.69) is 27.2 Å². The maximum absolute atomic E-state index is 9.56. The third kappa shape index (κ3) is 4.59. The molecule has 2 rings (SSSR count). The summed E-state index contributed by atoms with van der Waals surface area (Å²) in [5, 5.41) is 17.4. The summed E-state index contributed by atoms with van der Waals surface area (Å²) >= 11 is 0. The number of phenolic OH excluding ortho intramolecular Hbond substituents is 1. The van der Waals surface area contributed by atoms with Crippen LogP contribution in [0.25, 0.3) is 6.08 Å². The van der Waals surface area contributed by atoms with Crippen LogP contribution < -0.4 is 4.90 Å². The highest BCUT2D eigenvalue weighted by Gasteiger charge is 1.94. The molecular formula is C18H19N3O. The summed E-state index contributed by atoms with van der Waals surface area (Å²) in [6, 6.07) is 15.2. The van der Waals surface area contributed by atoms with Gasteiger partial charge in [-0.05, 0) is 35.9 Å². The Hall–Kier alpha value is -2.88. The zero-order valence-corrected chi connectivity index (χ0v) is 12.7. The Morgan fingerprint density at radius 1 is 0.955 bits per heavy atom. The van der Waals surface area contributed by atoms with Crippen LogP contribution in [0, 0.1) is 0 Å². The molecule has 0 aliphatic rings. The molecule has 0 spiro atoms. The maximum Gasteiger partial charge on any atom is 0.124 e. The Kier molecular flexibility index (Phi) is 5.49. The summed E-state index contributed by atoms with van der Waals surface area (Å²) in [7, 11) is 4.03. The van der Waals surface area contributed by atoms with E-state index < -0.39 is 0 Å². The van der Waals surface area contributed by atoms with Gasteiger partial charge in [-0.3, -0.25) is 0 Å². The van der Waals surface area contributed by atoms with Crippen LogP contribution in [0.3, 0.4) is 0 Å². The van der Waals surface area contributed by atoms with Crippen molar-refractivity contribution in [2.75, 3.05) is 19.0 Å². The minimum atomic E-state index is 0.193. The van der Waals surface area contributed by atoms with E-state index in [0.717, 1.165) is 11.3 Å². The number of para-hydroxylation sites is 1. The average Bonchev–Trinajstić information content (AvgIpc) is 2.53. The standard InChI is InChI=1S/C18H19N3O/c1-21(2)17-11-9-15(10-12-17)6-5-13-19-20-14-16-7-3-4-8-18(16)22/h3-14,22H,1-2H3/b6-5-,19-13-,20-14+. The van der Waals surface area contributed by atoms with Gasteiger partial charge in [0.05, 0.1) is 6.21 Å².